The van der Waals surface area contributed by atoms with Crippen LogP contribution in [0.5, 0.6) is 0 Å². The summed E-state index contributed by atoms with van der Waals surface area (Å²) < 4.78 is 12.9. The minimum Gasteiger partial charge on any atom is -0.399 e. The number of hydrogen-bond acceptors (Lipinski definition) is 2. The zero-order valence-corrected chi connectivity index (χ0v) is 10.7. The van der Waals surface area contributed by atoms with Gasteiger partial charge in [0.15, 0.2) is 0 Å². The van der Waals surface area contributed by atoms with Crippen LogP contribution in [0.4, 0.5) is 15.8 Å². The maximum Gasteiger partial charge on any atom is 0.228 e. The lowest BCUT2D eigenvalue weighted by Gasteiger charge is -2.07. The summed E-state index contributed by atoms with van der Waals surface area (Å²) in [6.45, 7) is 0. The zero-order chi connectivity index (χ0) is 13.8. The van der Waals surface area contributed by atoms with Crippen molar-refractivity contribution in [3.8, 4) is 0 Å². The van der Waals surface area contributed by atoms with Crippen LogP contribution in [-0.2, 0) is 11.2 Å². The van der Waals surface area contributed by atoms with Crippen molar-refractivity contribution in [2.75, 3.05) is 11.1 Å². The molecule has 0 aromatic heterocycles. The van der Waals surface area contributed by atoms with E-state index in [0.29, 0.717) is 11.4 Å². The van der Waals surface area contributed by atoms with E-state index in [9.17, 15) is 9.18 Å². The highest BCUT2D eigenvalue weighted by Crippen LogP contribution is 2.22. The summed E-state index contributed by atoms with van der Waals surface area (Å²) in [5.74, 6) is -0.682. The van der Waals surface area contributed by atoms with Crippen molar-refractivity contribution in [1.82, 2.24) is 0 Å². The molecule has 2 aromatic rings. The molecule has 2 rings (SSSR count). The SMILES string of the molecule is Nc1cccc(CC(=O)Nc2ccc(F)cc2Cl)c1. The van der Waals surface area contributed by atoms with Gasteiger partial charge >= 0.3 is 0 Å². The Balaban J connectivity index is 2.05. The lowest BCUT2D eigenvalue weighted by atomic mass is 10.1. The normalized spacial score (nSPS) is 10.2. The molecular formula is C14H12ClFN2O. The van der Waals surface area contributed by atoms with E-state index < -0.39 is 5.82 Å². The number of benzene rings is 2. The number of nitrogens with two attached hydrogens (primary N) is 1. The van der Waals surface area contributed by atoms with Crippen LogP contribution in [0.15, 0.2) is 42.5 Å². The first-order valence-electron chi connectivity index (χ1n) is 5.64. The summed E-state index contributed by atoms with van der Waals surface area (Å²) >= 11 is 5.83. The van der Waals surface area contributed by atoms with Crippen LogP contribution >= 0.6 is 11.6 Å². The van der Waals surface area contributed by atoms with Crippen LogP contribution in [0.2, 0.25) is 5.02 Å². The van der Waals surface area contributed by atoms with Crippen molar-refractivity contribution >= 4 is 28.9 Å². The molecule has 98 valence electrons. The van der Waals surface area contributed by atoms with E-state index in [1.165, 1.54) is 12.1 Å². The predicted molar refractivity (Wildman–Crippen MR) is 74.6 cm³/mol. The molecule has 3 N–H and O–H groups in total. The summed E-state index contributed by atoms with van der Waals surface area (Å²) in [6, 6.07) is 10.9. The minimum absolute atomic E-state index is 0.168. The molecule has 0 heterocycles. The maximum atomic E-state index is 12.9. The average molecular weight is 279 g/mol. The Morgan fingerprint density at radius 3 is 2.74 bits per heavy atom. The van der Waals surface area contributed by atoms with E-state index in [-0.39, 0.29) is 17.4 Å². The van der Waals surface area contributed by atoms with Gasteiger partial charge in [-0.05, 0) is 35.9 Å². The maximum absolute atomic E-state index is 12.9. The summed E-state index contributed by atoms with van der Waals surface area (Å²) in [6.07, 6.45) is 0.179. The smallest absolute Gasteiger partial charge is 0.228 e. The molecule has 0 fully saturated rings. The third kappa shape index (κ3) is 3.69. The van der Waals surface area contributed by atoms with Crippen molar-refractivity contribution in [2.45, 2.75) is 6.42 Å². The van der Waals surface area contributed by atoms with Crippen LogP contribution < -0.4 is 11.1 Å². The fraction of sp³-hybridized carbons (Fsp3) is 0.0714. The third-order valence-corrected chi connectivity index (χ3v) is 2.83. The highest BCUT2D eigenvalue weighted by molar-refractivity contribution is 6.33. The van der Waals surface area contributed by atoms with E-state index in [2.05, 4.69) is 5.32 Å². The second kappa shape index (κ2) is 5.71. The highest BCUT2D eigenvalue weighted by Gasteiger charge is 2.07. The molecule has 0 atom stereocenters. The summed E-state index contributed by atoms with van der Waals surface area (Å²) in [4.78, 5) is 11.8. The van der Waals surface area contributed by atoms with Gasteiger partial charge in [-0.15, -0.1) is 0 Å². The quantitative estimate of drug-likeness (QED) is 0.847. The van der Waals surface area contributed by atoms with Gasteiger partial charge in [0.05, 0.1) is 17.1 Å². The van der Waals surface area contributed by atoms with Gasteiger partial charge in [0.2, 0.25) is 5.91 Å². The van der Waals surface area contributed by atoms with Crippen molar-refractivity contribution in [3.63, 3.8) is 0 Å². The first-order chi connectivity index (χ1) is 9.04. The minimum atomic E-state index is -0.446. The van der Waals surface area contributed by atoms with Crippen molar-refractivity contribution in [2.24, 2.45) is 0 Å². The predicted octanol–water partition coefficient (Wildman–Crippen LogP) is 3.24. The summed E-state index contributed by atoms with van der Waals surface area (Å²) in [5.41, 5.74) is 7.42. The van der Waals surface area contributed by atoms with Crippen LogP contribution in [0, 0.1) is 5.82 Å². The van der Waals surface area contributed by atoms with Crippen molar-refractivity contribution in [1.29, 1.82) is 0 Å². The lowest BCUT2D eigenvalue weighted by Crippen LogP contribution is -2.14. The Hall–Kier alpha value is -2.07. The lowest BCUT2D eigenvalue weighted by molar-refractivity contribution is -0.115. The van der Waals surface area contributed by atoms with Crippen LogP contribution in [-0.4, -0.2) is 5.91 Å². The molecule has 19 heavy (non-hydrogen) atoms. The van der Waals surface area contributed by atoms with Gasteiger partial charge in [0.1, 0.15) is 5.82 Å². The van der Waals surface area contributed by atoms with Gasteiger partial charge < -0.3 is 11.1 Å². The largest absolute Gasteiger partial charge is 0.399 e. The number of anilines is 2. The number of carbonyl (C=O) groups excluding carboxylic acids is 1. The van der Waals surface area contributed by atoms with E-state index in [1.54, 1.807) is 18.2 Å². The first kappa shape index (κ1) is 13.4. The standard InChI is InChI=1S/C14H12ClFN2O/c15-12-8-10(16)4-5-13(12)18-14(19)7-9-2-1-3-11(17)6-9/h1-6,8H,7,17H2,(H,18,19). The van der Waals surface area contributed by atoms with E-state index in [0.717, 1.165) is 11.6 Å². The molecule has 0 radical (unpaired) electrons. The topological polar surface area (TPSA) is 55.1 Å². The van der Waals surface area contributed by atoms with Crippen LogP contribution in [0.25, 0.3) is 0 Å². The molecule has 0 aliphatic carbocycles. The number of hydrogen-bond donors (Lipinski definition) is 2. The van der Waals surface area contributed by atoms with Gasteiger partial charge in [-0.3, -0.25) is 4.79 Å². The molecule has 2 aromatic carbocycles. The highest BCUT2D eigenvalue weighted by atomic mass is 35.5. The fourth-order valence-electron chi connectivity index (χ4n) is 1.67. The molecule has 0 aliphatic heterocycles. The molecule has 0 aliphatic rings. The van der Waals surface area contributed by atoms with E-state index in [4.69, 9.17) is 17.3 Å². The van der Waals surface area contributed by atoms with Crippen molar-refractivity contribution in [3.05, 3.63) is 58.9 Å². The molecule has 3 nitrogen and oxygen atoms in total. The van der Waals surface area contributed by atoms with Gasteiger partial charge in [-0.1, -0.05) is 23.7 Å². The van der Waals surface area contributed by atoms with Gasteiger partial charge in [-0.2, -0.15) is 0 Å². The van der Waals surface area contributed by atoms with Crippen LogP contribution in [0.3, 0.4) is 0 Å². The summed E-state index contributed by atoms with van der Waals surface area (Å²) in [5, 5.41) is 2.79. The molecule has 0 saturated carbocycles. The molecular weight excluding hydrogens is 267 g/mol. The number of rotatable bonds is 3. The van der Waals surface area contributed by atoms with Crippen molar-refractivity contribution < 1.29 is 9.18 Å². The van der Waals surface area contributed by atoms with Gasteiger partial charge in [0.25, 0.3) is 0 Å². The second-order valence-electron chi connectivity index (χ2n) is 4.09. The fourth-order valence-corrected chi connectivity index (χ4v) is 1.89. The number of halogens is 2. The molecule has 5 heteroatoms. The molecule has 0 bridgehead atoms. The Morgan fingerprint density at radius 2 is 2.05 bits per heavy atom. The molecule has 1 amide bonds. The average Bonchev–Trinajstić information content (AvgIpc) is 2.33. The second-order valence-corrected chi connectivity index (χ2v) is 4.50. The van der Waals surface area contributed by atoms with E-state index >= 15 is 0 Å². The Labute approximate surface area is 115 Å². The van der Waals surface area contributed by atoms with Gasteiger partial charge in [-0.25, -0.2) is 4.39 Å². The third-order valence-electron chi connectivity index (χ3n) is 2.52. The molecule has 0 saturated heterocycles. The number of carbonyl (C=O) groups is 1. The van der Waals surface area contributed by atoms with Crippen LogP contribution in [0.1, 0.15) is 5.56 Å². The Kier molecular flexibility index (Phi) is 4.02. The monoisotopic (exact) mass is 278 g/mol. The number of amides is 1. The first-order valence-corrected chi connectivity index (χ1v) is 6.02. The van der Waals surface area contributed by atoms with E-state index in [1.807, 2.05) is 6.07 Å². The van der Waals surface area contributed by atoms with Gasteiger partial charge in [0, 0.05) is 5.69 Å². The Morgan fingerprint density at radius 1 is 1.26 bits per heavy atom. The molecule has 0 spiro atoms. The number of nitrogens with one attached hydrogen (secondary N) is 1. The zero-order valence-electron chi connectivity index (χ0n) is 9.99. The Bertz CT molecular complexity index is 616. The summed E-state index contributed by atoms with van der Waals surface area (Å²) in [7, 11) is 0. The molecule has 0 unspecified atom stereocenters. The number of nitrogen functional groups attached to an aromatic ring is 1.